The molecule has 4 aromatic carbocycles. The van der Waals surface area contributed by atoms with Gasteiger partial charge in [0.1, 0.15) is 0 Å². The molecule has 0 aromatic heterocycles. The Kier molecular flexibility index (Phi) is 11.8. The van der Waals surface area contributed by atoms with Gasteiger partial charge in [-0.25, -0.2) is 0 Å². The summed E-state index contributed by atoms with van der Waals surface area (Å²) in [4.78, 5) is 0. The van der Waals surface area contributed by atoms with Crippen molar-refractivity contribution in [2.75, 3.05) is 0 Å². The first-order valence-electron chi connectivity index (χ1n) is 14.1. The first kappa shape index (κ1) is 29.2. The van der Waals surface area contributed by atoms with Crippen molar-refractivity contribution >= 4 is 33.0 Å². The summed E-state index contributed by atoms with van der Waals surface area (Å²) in [6.45, 7) is 13.3. The Hall–Kier alpha value is -1.38. The van der Waals surface area contributed by atoms with Gasteiger partial charge in [0.05, 0.1) is 0 Å². The van der Waals surface area contributed by atoms with Gasteiger partial charge in [-0.15, -0.1) is 68.1 Å². The van der Waals surface area contributed by atoms with Crippen molar-refractivity contribution in [3.63, 3.8) is 0 Å². The molecule has 36 heavy (non-hydrogen) atoms. The van der Waals surface area contributed by atoms with Gasteiger partial charge < -0.3 is 0 Å². The molecule has 0 amide bonds. The molecular formula is C34H44HfSi. The summed E-state index contributed by atoms with van der Waals surface area (Å²) in [5.41, 5.74) is 11.2. The van der Waals surface area contributed by atoms with E-state index in [9.17, 15) is 0 Å². The zero-order valence-corrected chi connectivity index (χ0v) is 28.0. The monoisotopic (exact) mass is 660 g/mol. The molecule has 0 N–H and O–H groups in total. The molecule has 0 aliphatic heterocycles. The van der Waals surface area contributed by atoms with Crippen LogP contribution in [0.4, 0.5) is 0 Å². The summed E-state index contributed by atoms with van der Waals surface area (Å²) in [7, 11) is 0. The van der Waals surface area contributed by atoms with Gasteiger partial charge in [-0.1, -0.05) is 77.6 Å². The predicted octanol–water partition coefficient (Wildman–Crippen LogP) is 9.13. The van der Waals surface area contributed by atoms with Crippen LogP contribution in [-0.2, 0) is 48.7 Å². The molecule has 4 aromatic rings. The van der Waals surface area contributed by atoms with E-state index >= 15 is 0 Å². The average Bonchev–Trinajstić information content (AvgIpc) is 3.63. The van der Waals surface area contributed by atoms with E-state index in [4.69, 9.17) is 0 Å². The van der Waals surface area contributed by atoms with E-state index in [2.05, 4.69) is 95.7 Å². The second kappa shape index (κ2) is 14.5. The quantitative estimate of drug-likeness (QED) is 0.148. The third-order valence-corrected chi connectivity index (χ3v) is 10.1. The Balaban J connectivity index is 0.000000157. The Bertz CT molecular complexity index is 1140. The molecule has 1 aliphatic rings. The van der Waals surface area contributed by atoms with Gasteiger partial charge in [0.15, 0.2) is 0 Å². The summed E-state index contributed by atoms with van der Waals surface area (Å²) < 4.78 is 0. The van der Waals surface area contributed by atoms with Crippen LogP contribution < -0.4 is 0 Å². The van der Waals surface area contributed by atoms with Gasteiger partial charge in [-0.05, 0) is 12.8 Å². The SMILES string of the molecule is CCc1ccc(CC)c2[cH-]c(C)cc12.CCc1ccc(CC)c2[cH-]c(C)cc12.[Hf+2]=[Si]=CC1CCCC1. The van der Waals surface area contributed by atoms with E-state index in [1.54, 1.807) is 0 Å². The van der Waals surface area contributed by atoms with E-state index in [0.717, 1.165) is 31.6 Å². The van der Waals surface area contributed by atoms with E-state index in [-0.39, 0.29) is 0 Å². The van der Waals surface area contributed by atoms with Gasteiger partial charge in [-0.3, -0.25) is 0 Å². The first-order valence-corrected chi connectivity index (χ1v) is 20.5. The van der Waals surface area contributed by atoms with E-state index in [0.29, 0.717) is 0 Å². The summed E-state index contributed by atoms with van der Waals surface area (Å²) in [5.74, 6) is 2.24. The van der Waals surface area contributed by atoms with Crippen LogP contribution in [-0.4, -0.2) is 11.5 Å². The van der Waals surface area contributed by atoms with Gasteiger partial charge in [0.25, 0.3) is 0 Å². The fourth-order valence-electron chi connectivity index (χ4n) is 5.60. The zero-order valence-electron chi connectivity index (χ0n) is 23.4. The molecule has 1 fully saturated rings. The Morgan fingerprint density at radius 3 is 1.47 bits per heavy atom. The maximum atomic E-state index is 2.55. The van der Waals surface area contributed by atoms with Gasteiger partial charge in [0, 0.05) is 0 Å². The summed E-state index contributed by atoms with van der Waals surface area (Å²) in [6, 6.07) is 18.4. The van der Waals surface area contributed by atoms with Crippen LogP contribution in [0.2, 0.25) is 0 Å². The second-order valence-corrected chi connectivity index (χ2v) is 14.0. The van der Waals surface area contributed by atoms with Crippen LogP contribution in [0.1, 0.15) is 86.8 Å². The third-order valence-electron chi connectivity index (χ3n) is 7.67. The molecule has 0 heterocycles. The molecule has 188 valence electrons. The van der Waals surface area contributed by atoms with Crippen molar-refractivity contribution in [2.45, 2.75) is 92.9 Å². The topological polar surface area (TPSA) is 0 Å². The molecule has 1 aliphatic carbocycles. The van der Waals surface area contributed by atoms with Crippen molar-refractivity contribution in [3.8, 4) is 0 Å². The molecular weight excluding hydrogens is 615 g/mol. The van der Waals surface area contributed by atoms with Crippen LogP contribution in [0.5, 0.6) is 0 Å². The van der Waals surface area contributed by atoms with Crippen molar-refractivity contribution in [1.82, 2.24) is 0 Å². The number of hydrogen-bond acceptors (Lipinski definition) is 0. The van der Waals surface area contributed by atoms with Gasteiger partial charge in [-0.2, -0.15) is 12.1 Å². The van der Waals surface area contributed by atoms with E-state index in [1.165, 1.54) is 109 Å². The molecule has 0 saturated heterocycles. The summed E-state index contributed by atoms with van der Waals surface area (Å²) in [5, 5.41) is 5.85. The van der Waals surface area contributed by atoms with Crippen LogP contribution >= 0.6 is 0 Å². The Morgan fingerprint density at radius 2 is 1.11 bits per heavy atom. The third kappa shape index (κ3) is 7.35. The van der Waals surface area contributed by atoms with E-state index in [1.807, 2.05) is 0 Å². The van der Waals surface area contributed by atoms with Crippen LogP contribution in [0.15, 0.2) is 48.5 Å². The minimum absolute atomic E-state index is 1.03. The molecule has 5 rings (SSSR count). The van der Waals surface area contributed by atoms with Gasteiger partial charge in [0.2, 0.25) is 0 Å². The molecule has 0 spiro atoms. The fraction of sp³-hybridized carbons (Fsp3) is 0.441. The number of hydrogen-bond donors (Lipinski definition) is 0. The minimum atomic E-state index is 1.03. The van der Waals surface area contributed by atoms with Crippen LogP contribution in [0, 0.1) is 19.8 Å². The molecule has 1 saturated carbocycles. The molecule has 2 heteroatoms. The van der Waals surface area contributed by atoms with Crippen LogP contribution in [0.3, 0.4) is 0 Å². The predicted molar refractivity (Wildman–Crippen MR) is 160 cm³/mol. The molecule has 0 nitrogen and oxygen atoms in total. The fourth-order valence-corrected chi connectivity index (χ4v) is 8.71. The van der Waals surface area contributed by atoms with Crippen LogP contribution in [0.25, 0.3) is 21.5 Å². The second-order valence-electron chi connectivity index (χ2n) is 10.3. The zero-order chi connectivity index (χ0) is 26.1. The molecule has 0 atom stereocenters. The van der Waals surface area contributed by atoms with Gasteiger partial charge >= 0.3 is 66.1 Å². The Labute approximate surface area is 235 Å². The van der Waals surface area contributed by atoms with E-state index < -0.39 is 0 Å². The average molecular weight is 659 g/mol. The number of aryl methyl sites for hydroxylation is 6. The molecule has 0 bridgehead atoms. The summed E-state index contributed by atoms with van der Waals surface area (Å²) in [6.07, 6.45) is 10.5. The maximum absolute atomic E-state index is 2.55. The van der Waals surface area contributed by atoms with Crippen molar-refractivity contribution in [2.24, 2.45) is 5.92 Å². The van der Waals surface area contributed by atoms with Crippen molar-refractivity contribution in [1.29, 1.82) is 0 Å². The normalized spacial score (nSPS) is 13.2. The Morgan fingerprint density at radius 1 is 0.722 bits per heavy atom. The number of fused-ring (bicyclic) bond motifs is 2. The number of benzene rings is 2. The summed E-state index contributed by atoms with van der Waals surface area (Å²) >= 11 is 1.40. The van der Waals surface area contributed by atoms with Crippen molar-refractivity contribution < 1.29 is 23.0 Å². The standard InChI is InChI=1S/2C14H17.C6H10Si.Hf/c2*1-4-11-6-7-12(5-2)14-9-10(3)8-13(11)14;7-5-6-3-1-2-4-6;/h2*6-9H,4-5H2,1-3H3;5-6H,1-4H2;/q2*-1;;+2. The molecule has 0 unspecified atom stereocenters. The molecule has 0 radical (unpaired) electrons. The first-order chi connectivity index (χ1) is 17.4. The van der Waals surface area contributed by atoms with Crippen molar-refractivity contribution in [3.05, 3.63) is 81.9 Å². The number of rotatable bonds is 5.